The zero-order valence-electron chi connectivity index (χ0n) is 9.26. The minimum absolute atomic E-state index is 0.0647. The summed E-state index contributed by atoms with van der Waals surface area (Å²) in [6.07, 6.45) is 0. The van der Waals surface area contributed by atoms with Crippen molar-refractivity contribution >= 4 is 5.91 Å². The molecule has 4 heteroatoms. The zero-order chi connectivity index (χ0) is 12.0. The van der Waals surface area contributed by atoms with Crippen LogP contribution in [0.4, 0.5) is 0 Å². The van der Waals surface area contributed by atoms with Crippen molar-refractivity contribution in [3.05, 3.63) is 35.9 Å². The lowest BCUT2D eigenvalue weighted by molar-refractivity contribution is -0.132. The summed E-state index contributed by atoms with van der Waals surface area (Å²) in [5.41, 5.74) is 6.51. The van der Waals surface area contributed by atoms with E-state index in [0.29, 0.717) is 6.54 Å². The van der Waals surface area contributed by atoms with Crippen molar-refractivity contribution in [2.75, 3.05) is 6.54 Å². The summed E-state index contributed by atoms with van der Waals surface area (Å²) in [5.74, 6) is -0.203. The van der Waals surface area contributed by atoms with Crippen molar-refractivity contribution in [3.63, 3.8) is 0 Å². The minimum atomic E-state index is -0.572. The predicted octanol–water partition coefficient (Wildman–Crippen LogP) is 0.886. The van der Waals surface area contributed by atoms with E-state index in [0.717, 1.165) is 5.56 Å². The van der Waals surface area contributed by atoms with Gasteiger partial charge in [-0.05, 0) is 12.5 Å². The highest BCUT2D eigenvalue weighted by Gasteiger charge is 2.16. The van der Waals surface area contributed by atoms with Gasteiger partial charge < -0.3 is 10.6 Å². The average molecular weight is 217 g/mol. The van der Waals surface area contributed by atoms with Crippen LogP contribution < -0.4 is 5.73 Å². The van der Waals surface area contributed by atoms with Crippen LogP contribution in [-0.4, -0.2) is 23.4 Å². The molecule has 1 rings (SSSR count). The summed E-state index contributed by atoms with van der Waals surface area (Å²) in [4.78, 5) is 13.1. The van der Waals surface area contributed by atoms with E-state index in [9.17, 15) is 4.79 Å². The Hall–Kier alpha value is -1.86. The molecular weight excluding hydrogens is 202 g/mol. The Balaban J connectivity index is 2.73. The lowest BCUT2D eigenvalue weighted by Gasteiger charge is -2.21. The molecule has 1 atom stereocenters. The maximum Gasteiger partial charge on any atom is 0.240 e. The molecule has 0 heterocycles. The Morgan fingerprint density at radius 3 is 2.62 bits per heavy atom. The lowest BCUT2D eigenvalue weighted by Crippen LogP contribution is -2.41. The quantitative estimate of drug-likeness (QED) is 0.761. The van der Waals surface area contributed by atoms with E-state index in [1.807, 2.05) is 36.4 Å². The first kappa shape index (κ1) is 12.2. The normalized spacial score (nSPS) is 11.6. The number of amides is 1. The van der Waals surface area contributed by atoms with Gasteiger partial charge in [0, 0.05) is 6.54 Å². The van der Waals surface area contributed by atoms with Crippen LogP contribution in [0.5, 0.6) is 0 Å². The number of benzene rings is 1. The first-order valence-electron chi connectivity index (χ1n) is 5.10. The fourth-order valence-electron chi connectivity index (χ4n) is 1.39. The van der Waals surface area contributed by atoms with Crippen LogP contribution in [0.1, 0.15) is 12.5 Å². The molecule has 0 fully saturated rings. The fourth-order valence-corrected chi connectivity index (χ4v) is 1.39. The standard InChI is InChI=1S/C12H15N3O/c1-10(14)12(16)15(8-7-13)9-11-5-3-2-4-6-11/h2-6,10H,8-9,14H2,1H3/t10-/m1/s1. The molecule has 2 N–H and O–H groups in total. The van der Waals surface area contributed by atoms with Gasteiger partial charge in [-0.1, -0.05) is 30.3 Å². The number of carbonyl (C=O) groups is 1. The van der Waals surface area contributed by atoms with Gasteiger partial charge in [0.05, 0.1) is 12.1 Å². The van der Waals surface area contributed by atoms with E-state index in [1.54, 1.807) is 6.92 Å². The number of nitrogens with two attached hydrogens (primary N) is 1. The molecule has 0 aliphatic heterocycles. The van der Waals surface area contributed by atoms with Gasteiger partial charge >= 0.3 is 0 Å². The molecule has 1 amide bonds. The highest BCUT2D eigenvalue weighted by atomic mass is 16.2. The molecular formula is C12H15N3O. The van der Waals surface area contributed by atoms with Crippen molar-refractivity contribution in [1.82, 2.24) is 4.90 Å². The van der Waals surface area contributed by atoms with Crippen molar-refractivity contribution in [3.8, 4) is 6.07 Å². The molecule has 0 saturated carbocycles. The number of hydrogen-bond acceptors (Lipinski definition) is 3. The maximum atomic E-state index is 11.7. The second-order valence-electron chi connectivity index (χ2n) is 3.63. The molecule has 0 bridgehead atoms. The van der Waals surface area contributed by atoms with Crippen LogP contribution in [0.15, 0.2) is 30.3 Å². The Morgan fingerprint density at radius 1 is 1.50 bits per heavy atom. The summed E-state index contributed by atoms with van der Waals surface area (Å²) in [7, 11) is 0. The van der Waals surface area contributed by atoms with Crippen molar-refractivity contribution in [1.29, 1.82) is 5.26 Å². The molecule has 0 aliphatic rings. The Labute approximate surface area is 95.3 Å². The third-order valence-corrected chi connectivity index (χ3v) is 2.18. The predicted molar refractivity (Wildman–Crippen MR) is 61.1 cm³/mol. The molecule has 0 unspecified atom stereocenters. The lowest BCUT2D eigenvalue weighted by atomic mass is 10.2. The van der Waals surface area contributed by atoms with Crippen LogP contribution in [0.25, 0.3) is 0 Å². The molecule has 0 aliphatic carbocycles. The average Bonchev–Trinajstić information content (AvgIpc) is 2.29. The van der Waals surface area contributed by atoms with E-state index in [-0.39, 0.29) is 12.5 Å². The summed E-state index contributed by atoms with van der Waals surface area (Å²) >= 11 is 0. The largest absolute Gasteiger partial charge is 0.324 e. The molecule has 16 heavy (non-hydrogen) atoms. The van der Waals surface area contributed by atoms with Gasteiger partial charge in [-0.3, -0.25) is 4.79 Å². The van der Waals surface area contributed by atoms with Crippen LogP contribution in [0.2, 0.25) is 0 Å². The van der Waals surface area contributed by atoms with Crippen molar-refractivity contribution < 1.29 is 4.79 Å². The number of nitrogens with zero attached hydrogens (tertiary/aromatic N) is 2. The summed E-state index contributed by atoms with van der Waals surface area (Å²) in [6, 6.07) is 10.9. The molecule has 1 aromatic rings. The smallest absolute Gasteiger partial charge is 0.240 e. The van der Waals surface area contributed by atoms with Crippen molar-refractivity contribution in [2.24, 2.45) is 5.73 Å². The van der Waals surface area contributed by atoms with E-state index >= 15 is 0 Å². The fraction of sp³-hybridized carbons (Fsp3) is 0.333. The van der Waals surface area contributed by atoms with Gasteiger partial charge in [0.15, 0.2) is 0 Å². The van der Waals surface area contributed by atoms with E-state index in [1.165, 1.54) is 4.90 Å². The SMILES string of the molecule is C[C@@H](N)C(=O)N(CC#N)Cc1ccccc1. The summed E-state index contributed by atoms with van der Waals surface area (Å²) in [6.45, 7) is 2.11. The molecule has 0 spiro atoms. The summed E-state index contributed by atoms with van der Waals surface area (Å²) in [5, 5.41) is 8.66. The number of rotatable bonds is 4. The number of hydrogen-bond donors (Lipinski definition) is 1. The number of nitriles is 1. The van der Waals surface area contributed by atoms with Gasteiger partial charge in [-0.25, -0.2) is 0 Å². The third kappa shape index (κ3) is 3.37. The van der Waals surface area contributed by atoms with Gasteiger partial charge in [0.1, 0.15) is 6.54 Å². The highest BCUT2D eigenvalue weighted by molar-refractivity contribution is 5.81. The second kappa shape index (κ2) is 5.89. The van der Waals surface area contributed by atoms with E-state index in [2.05, 4.69) is 0 Å². The second-order valence-corrected chi connectivity index (χ2v) is 3.63. The first-order chi connectivity index (χ1) is 7.65. The van der Waals surface area contributed by atoms with Crippen LogP contribution in [0.3, 0.4) is 0 Å². The van der Waals surface area contributed by atoms with Crippen molar-refractivity contribution in [2.45, 2.75) is 19.5 Å². The summed E-state index contributed by atoms with van der Waals surface area (Å²) < 4.78 is 0. The zero-order valence-corrected chi connectivity index (χ0v) is 9.26. The Kier molecular flexibility index (Phi) is 4.49. The topological polar surface area (TPSA) is 70.1 Å². The van der Waals surface area contributed by atoms with E-state index < -0.39 is 6.04 Å². The highest BCUT2D eigenvalue weighted by Crippen LogP contribution is 2.05. The third-order valence-electron chi connectivity index (χ3n) is 2.18. The first-order valence-corrected chi connectivity index (χ1v) is 5.10. The molecule has 4 nitrogen and oxygen atoms in total. The number of carbonyl (C=O) groups excluding carboxylic acids is 1. The minimum Gasteiger partial charge on any atom is -0.324 e. The Morgan fingerprint density at radius 2 is 2.12 bits per heavy atom. The van der Waals surface area contributed by atoms with Gasteiger partial charge in [0.25, 0.3) is 0 Å². The monoisotopic (exact) mass is 217 g/mol. The van der Waals surface area contributed by atoms with Gasteiger partial charge in [-0.2, -0.15) is 5.26 Å². The molecule has 0 aromatic heterocycles. The molecule has 1 aromatic carbocycles. The maximum absolute atomic E-state index is 11.7. The molecule has 0 saturated heterocycles. The molecule has 0 radical (unpaired) electrons. The van der Waals surface area contributed by atoms with Gasteiger partial charge in [-0.15, -0.1) is 0 Å². The van der Waals surface area contributed by atoms with Crippen LogP contribution in [0, 0.1) is 11.3 Å². The van der Waals surface area contributed by atoms with Crippen LogP contribution >= 0.6 is 0 Å². The molecule has 84 valence electrons. The Bertz CT molecular complexity index is 381. The van der Waals surface area contributed by atoms with E-state index in [4.69, 9.17) is 11.0 Å². The van der Waals surface area contributed by atoms with Gasteiger partial charge in [0.2, 0.25) is 5.91 Å². The van der Waals surface area contributed by atoms with Crippen LogP contribution in [-0.2, 0) is 11.3 Å².